The Bertz CT molecular complexity index is 423. The number of carbonyl (C=O) groups is 1. The summed E-state index contributed by atoms with van der Waals surface area (Å²) in [4.78, 5) is 13.7. The highest BCUT2D eigenvalue weighted by Crippen LogP contribution is 2.26. The molecule has 1 aromatic rings. The van der Waals surface area contributed by atoms with Gasteiger partial charge in [0.1, 0.15) is 5.76 Å². The van der Waals surface area contributed by atoms with Crippen LogP contribution >= 0.6 is 0 Å². The number of esters is 1. The number of methoxy groups -OCH3 is 1. The van der Waals surface area contributed by atoms with Crippen LogP contribution in [0.25, 0.3) is 0 Å². The van der Waals surface area contributed by atoms with Crippen LogP contribution in [0.4, 0.5) is 0 Å². The van der Waals surface area contributed by atoms with Gasteiger partial charge in [-0.1, -0.05) is 0 Å². The van der Waals surface area contributed by atoms with E-state index in [1.54, 1.807) is 6.07 Å². The molecule has 0 bridgehead atoms. The summed E-state index contributed by atoms with van der Waals surface area (Å²) in [5, 5.41) is 0. The van der Waals surface area contributed by atoms with E-state index < -0.39 is 5.97 Å². The lowest BCUT2D eigenvalue weighted by Gasteiger charge is -2.34. The Balaban J connectivity index is 2.03. The Kier molecular flexibility index (Phi) is 4.61. The topological polar surface area (TPSA) is 51.9 Å². The van der Waals surface area contributed by atoms with Crippen molar-refractivity contribution in [3.05, 3.63) is 23.7 Å². The maximum Gasteiger partial charge on any atom is 0.373 e. The third-order valence-electron chi connectivity index (χ3n) is 3.80. The van der Waals surface area contributed by atoms with Gasteiger partial charge >= 0.3 is 5.97 Å². The Labute approximate surface area is 113 Å². The fourth-order valence-corrected chi connectivity index (χ4v) is 2.40. The fraction of sp³-hybridized carbons (Fsp3) is 0.643. The quantitative estimate of drug-likeness (QED) is 0.783. The minimum absolute atomic E-state index is 0.126. The van der Waals surface area contributed by atoms with E-state index in [0.29, 0.717) is 6.04 Å². The molecule has 0 saturated carbocycles. The summed E-state index contributed by atoms with van der Waals surface area (Å²) in [5.41, 5.74) is 0. The van der Waals surface area contributed by atoms with E-state index in [4.69, 9.17) is 9.15 Å². The van der Waals surface area contributed by atoms with Crippen LogP contribution in [0.2, 0.25) is 0 Å². The van der Waals surface area contributed by atoms with Crippen molar-refractivity contribution in [1.29, 1.82) is 0 Å². The first-order valence-corrected chi connectivity index (χ1v) is 6.61. The Morgan fingerprint density at radius 2 is 2.11 bits per heavy atom. The second kappa shape index (κ2) is 6.21. The van der Waals surface area contributed by atoms with Crippen molar-refractivity contribution < 1.29 is 18.7 Å². The zero-order chi connectivity index (χ0) is 13.8. The van der Waals surface area contributed by atoms with Gasteiger partial charge in [0.15, 0.2) is 0 Å². The molecular formula is C14H21NO4. The Morgan fingerprint density at radius 1 is 1.42 bits per heavy atom. The molecule has 0 aromatic carbocycles. The van der Waals surface area contributed by atoms with E-state index in [1.807, 2.05) is 6.07 Å². The third-order valence-corrected chi connectivity index (χ3v) is 3.80. The van der Waals surface area contributed by atoms with Gasteiger partial charge in [0.2, 0.25) is 5.76 Å². The molecule has 2 rings (SSSR count). The van der Waals surface area contributed by atoms with Crippen molar-refractivity contribution in [2.45, 2.75) is 31.8 Å². The van der Waals surface area contributed by atoms with E-state index >= 15 is 0 Å². The molecule has 2 heterocycles. The van der Waals surface area contributed by atoms with Gasteiger partial charge in [-0.15, -0.1) is 0 Å². The van der Waals surface area contributed by atoms with Crippen LogP contribution in [-0.2, 0) is 9.47 Å². The molecular weight excluding hydrogens is 246 g/mol. The molecule has 0 amide bonds. The van der Waals surface area contributed by atoms with Gasteiger partial charge in [-0.25, -0.2) is 4.79 Å². The van der Waals surface area contributed by atoms with Crippen LogP contribution in [0.15, 0.2) is 16.5 Å². The van der Waals surface area contributed by atoms with Crippen molar-refractivity contribution in [2.24, 2.45) is 0 Å². The van der Waals surface area contributed by atoms with Crippen molar-refractivity contribution in [3.63, 3.8) is 0 Å². The zero-order valence-corrected chi connectivity index (χ0v) is 11.7. The van der Waals surface area contributed by atoms with Crippen LogP contribution in [0, 0.1) is 0 Å². The fourth-order valence-electron chi connectivity index (χ4n) is 2.40. The smallest absolute Gasteiger partial charge is 0.373 e. The monoisotopic (exact) mass is 267 g/mol. The summed E-state index contributed by atoms with van der Waals surface area (Å²) in [5.74, 6) is 0.603. The van der Waals surface area contributed by atoms with Gasteiger partial charge < -0.3 is 13.9 Å². The van der Waals surface area contributed by atoms with Crippen molar-refractivity contribution in [3.8, 4) is 0 Å². The number of nitrogens with zero attached hydrogens (tertiary/aromatic N) is 1. The van der Waals surface area contributed by atoms with Gasteiger partial charge in [-0.3, -0.25) is 4.90 Å². The molecule has 19 heavy (non-hydrogen) atoms. The molecule has 5 nitrogen and oxygen atoms in total. The summed E-state index contributed by atoms with van der Waals surface area (Å²) in [6, 6.07) is 4.12. The molecule has 1 aromatic heterocycles. The van der Waals surface area contributed by atoms with Crippen LogP contribution < -0.4 is 0 Å². The molecule has 1 aliphatic heterocycles. The zero-order valence-electron chi connectivity index (χ0n) is 11.7. The lowest BCUT2D eigenvalue weighted by molar-refractivity contribution is 0.0272. The number of carbonyl (C=O) groups excluding carboxylic acids is 1. The van der Waals surface area contributed by atoms with Gasteiger partial charge in [-0.05, 0) is 38.9 Å². The minimum Gasteiger partial charge on any atom is -0.463 e. The molecule has 0 N–H and O–H groups in total. The maximum absolute atomic E-state index is 11.4. The summed E-state index contributed by atoms with van der Waals surface area (Å²) in [6.07, 6.45) is 2.07. The number of hydrogen-bond donors (Lipinski definition) is 0. The number of rotatable bonds is 4. The van der Waals surface area contributed by atoms with E-state index in [2.05, 4.69) is 23.6 Å². The molecule has 1 aliphatic rings. The van der Waals surface area contributed by atoms with Crippen LogP contribution in [-0.4, -0.2) is 44.3 Å². The summed E-state index contributed by atoms with van der Waals surface area (Å²) in [7, 11) is 3.43. The molecule has 106 valence electrons. The standard InChI is InChI=1S/C14H21NO4/c1-10(15(2)11-6-8-18-9-7-11)12-4-5-13(19-12)14(16)17-3/h4-5,10-11H,6-9H2,1-3H3. The van der Waals surface area contributed by atoms with E-state index in [9.17, 15) is 4.79 Å². The van der Waals surface area contributed by atoms with Crippen LogP contribution in [0.5, 0.6) is 0 Å². The molecule has 1 unspecified atom stereocenters. The number of ether oxygens (including phenoxy) is 2. The lowest BCUT2D eigenvalue weighted by atomic mass is 10.1. The first-order valence-electron chi connectivity index (χ1n) is 6.61. The minimum atomic E-state index is -0.438. The number of hydrogen-bond acceptors (Lipinski definition) is 5. The van der Waals surface area contributed by atoms with Crippen LogP contribution in [0.3, 0.4) is 0 Å². The molecule has 5 heteroatoms. The first kappa shape index (κ1) is 14.1. The van der Waals surface area contributed by atoms with Crippen molar-refractivity contribution >= 4 is 5.97 Å². The highest BCUT2D eigenvalue weighted by atomic mass is 16.5. The molecule has 0 spiro atoms. The van der Waals surface area contributed by atoms with E-state index in [0.717, 1.165) is 31.8 Å². The number of furan rings is 1. The predicted octanol–water partition coefficient (Wildman–Crippen LogP) is 2.24. The van der Waals surface area contributed by atoms with Crippen LogP contribution in [0.1, 0.15) is 42.1 Å². The average Bonchev–Trinajstić information content (AvgIpc) is 2.95. The maximum atomic E-state index is 11.4. The summed E-state index contributed by atoms with van der Waals surface area (Å²) < 4.78 is 15.6. The molecule has 1 saturated heterocycles. The van der Waals surface area contributed by atoms with Gasteiger partial charge in [-0.2, -0.15) is 0 Å². The summed E-state index contributed by atoms with van der Waals surface area (Å²) in [6.45, 7) is 3.70. The van der Waals surface area contributed by atoms with Crippen molar-refractivity contribution in [2.75, 3.05) is 27.4 Å². The second-order valence-electron chi connectivity index (χ2n) is 4.88. The molecule has 1 atom stereocenters. The van der Waals surface area contributed by atoms with Crippen molar-refractivity contribution in [1.82, 2.24) is 4.90 Å². The molecule has 1 fully saturated rings. The van der Waals surface area contributed by atoms with E-state index in [-0.39, 0.29) is 11.8 Å². The van der Waals surface area contributed by atoms with Gasteiger partial charge in [0.25, 0.3) is 0 Å². The average molecular weight is 267 g/mol. The Morgan fingerprint density at radius 3 is 2.74 bits per heavy atom. The normalized spacial score (nSPS) is 18.5. The molecule has 0 aliphatic carbocycles. The van der Waals surface area contributed by atoms with Gasteiger partial charge in [0.05, 0.1) is 13.2 Å². The predicted molar refractivity (Wildman–Crippen MR) is 70.1 cm³/mol. The summed E-state index contributed by atoms with van der Waals surface area (Å²) >= 11 is 0. The SMILES string of the molecule is COC(=O)c1ccc(C(C)N(C)C2CCOCC2)o1. The molecule has 0 radical (unpaired) electrons. The lowest BCUT2D eigenvalue weighted by Crippen LogP contribution is -2.38. The first-order chi connectivity index (χ1) is 9.13. The second-order valence-corrected chi connectivity index (χ2v) is 4.88. The Hall–Kier alpha value is -1.33. The van der Waals surface area contributed by atoms with Gasteiger partial charge in [0, 0.05) is 19.3 Å². The third kappa shape index (κ3) is 3.16. The van der Waals surface area contributed by atoms with E-state index in [1.165, 1.54) is 7.11 Å². The highest BCUT2D eigenvalue weighted by Gasteiger charge is 2.25. The highest BCUT2D eigenvalue weighted by molar-refractivity contribution is 5.86. The largest absolute Gasteiger partial charge is 0.463 e.